The fourth-order valence-corrected chi connectivity index (χ4v) is 2.71. The Balaban J connectivity index is 2.08. The number of rotatable bonds is 4. The maximum atomic E-state index is 5.97. The maximum absolute atomic E-state index is 5.97. The smallest absolute Gasteiger partial charge is 0.0514 e. The van der Waals surface area contributed by atoms with E-state index >= 15 is 0 Å². The van der Waals surface area contributed by atoms with Gasteiger partial charge >= 0.3 is 0 Å². The first-order chi connectivity index (χ1) is 8.72. The summed E-state index contributed by atoms with van der Waals surface area (Å²) in [6.45, 7) is 4.54. The minimum Gasteiger partial charge on any atom is -0.381 e. The Morgan fingerprint density at radius 3 is 2.67 bits per heavy atom. The van der Waals surface area contributed by atoms with Gasteiger partial charge in [-0.15, -0.1) is 0 Å². The molecule has 100 valence electrons. The van der Waals surface area contributed by atoms with E-state index in [1.165, 1.54) is 17.7 Å². The minimum atomic E-state index is 0.369. The molecular formula is C15H24N2O. The van der Waals surface area contributed by atoms with Crippen LogP contribution in [0.2, 0.25) is 0 Å². The van der Waals surface area contributed by atoms with Gasteiger partial charge in [0.05, 0.1) is 6.61 Å². The van der Waals surface area contributed by atoms with Gasteiger partial charge in [-0.3, -0.25) is 0 Å². The van der Waals surface area contributed by atoms with E-state index < -0.39 is 0 Å². The second-order valence-corrected chi connectivity index (χ2v) is 5.23. The Labute approximate surface area is 110 Å². The zero-order chi connectivity index (χ0) is 13.0. The minimum absolute atomic E-state index is 0.369. The monoisotopic (exact) mass is 248 g/mol. The van der Waals surface area contributed by atoms with E-state index in [0.29, 0.717) is 18.5 Å². The molecule has 1 saturated heterocycles. The quantitative estimate of drug-likeness (QED) is 0.887. The standard InChI is InChI=1S/C15H24N2O/c1-12-5-7-14(8-6-12)17(2)15(10-16)13-4-3-9-18-11-13/h5-8,13,15H,3-4,9-11,16H2,1-2H3. The van der Waals surface area contributed by atoms with Crippen LogP contribution in [0.5, 0.6) is 0 Å². The Morgan fingerprint density at radius 1 is 1.39 bits per heavy atom. The summed E-state index contributed by atoms with van der Waals surface area (Å²) < 4.78 is 5.59. The van der Waals surface area contributed by atoms with Gasteiger partial charge in [0, 0.05) is 37.8 Å². The van der Waals surface area contributed by atoms with Crippen molar-refractivity contribution in [3.63, 3.8) is 0 Å². The third-order valence-electron chi connectivity index (χ3n) is 3.92. The number of hydrogen-bond acceptors (Lipinski definition) is 3. The fraction of sp³-hybridized carbons (Fsp3) is 0.600. The summed E-state index contributed by atoms with van der Waals surface area (Å²) in [5.41, 5.74) is 8.50. The molecule has 2 rings (SSSR count). The molecular weight excluding hydrogens is 224 g/mol. The summed E-state index contributed by atoms with van der Waals surface area (Å²) in [6, 6.07) is 9.00. The number of anilines is 1. The third kappa shape index (κ3) is 3.03. The highest BCUT2D eigenvalue weighted by atomic mass is 16.5. The Hall–Kier alpha value is -1.06. The summed E-state index contributed by atoms with van der Waals surface area (Å²) in [5.74, 6) is 0.551. The molecule has 1 aliphatic heterocycles. The molecule has 2 unspecified atom stereocenters. The van der Waals surface area contributed by atoms with Gasteiger partial charge in [-0.1, -0.05) is 17.7 Å². The van der Waals surface area contributed by atoms with E-state index in [-0.39, 0.29) is 0 Å². The molecule has 0 amide bonds. The van der Waals surface area contributed by atoms with E-state index in [1.54, 1.807) is 0 Å². The molecule has 2 N–H and O–H groups in total. The molecule has 1 heterocycles. The molecule has 1 fully saturated rings. The summed E-state index contributed by atoms with van der Waals surface area (Å²) in [7, 11) is 2.14. The van der Waals surface area contributed by atoms with E-state index in [1.807, 2.05) is 0 Å². The van der Waals surface area contributed by atoms with Crippen molar-refractivity contribution in [1.82, 2.24) is 0 Å². The number of benzene rings is 1. The molecule has 0 aromatic heterocycles. The van der Waals surface area contributed by atoms with Crippen LogP contribution < -0.4 is 10.6 Å². The number of likely N-dealkylation sites (N-methyl/N-ethyl adjacent to an activating group) is 1. The van der Waals surface area contributed by atoms with Crippen LogP contribution in [0.15, 0.2) is 24.3 Å². The fourth-order valence-electron chi connectivity index (χ4n) is 2.71. The van der Waals surface area contributed by atoms with Crippen LogP contribution in [0, 0.1) is 12.8 Å². The Morgan fingerprint density at radius 2 is 2.11 bits per heavy atom. The van der Waals surface area contributed by atoms with Gasteiger partial charge in [-0.05, 0) is 31.9 Å². The molecule has 0 spiro atoms. The first-order valence-electron chi connectivity index (χ1n) is 6.79. The molecule has 0 bridgehead atoms. The molecule has 2 atom stereocenters. The predicted octanol–water partition coefficient (Wildman–Crippen LogP) is 2.19. The van der Waals surface area contributed by atoms with E-state index in [4.69, 9.17) is 10.5 Å². The lowest BCUT2D eigenvalue weighted by Gasteiger charge is -2.37. The molecule has 18 heavy (non-hydrogen) atoms. The average Bonchev–Trinajstić information content (AvgIpc) is 2.41. The van der Waals surface area contributed by atoms with Gasteiger partial charge in [-0.25, -0.2) is 0 Å². The molecule has 1 aromatic rings. The Kier molecular flexibility index (Phi) is 4.61. The third-order valence-corrected chi connectivity index (χ3v) is 3.92. The maximum Gasteiger partial charge on any atom is 0.0514 e. The largest absolute Gasteiger partial charge is 0.381 e. The van der Waals surface area contributed by atoms with Crippen molar-refractivity contribution in [2.24, 2.45) is 11.7 Å². The van der Waals surface area contributed by atoms with Crippen LogP contribution in [0.1, 0.15) is 18.4 Å². The van der Waals surface area contributed by atoms with Crippen LogP contribution >= 0.6 is 0 Å². The predicted molar refractivity (Wildman–Crippen MR) is 76.0 cm³/mol. The van der Waals surface area contributed by atoms with Gasteiger partial charge in [0.15, 0.2) is 0 Å². The van der Waals surface area contributed by atoms with Gasteiger partial charge in [0.1, 0.15) is 0 Å². The van der Waals surface area contributed by atoms with E-state index in [0.717, 1.165) is 19.6 Å². The van der Waals surface area contributed by atoms with Crippen molar-refractivity contribution in [2.45, 2.75) is 25.8 Å². The first kappa shape index (κ1) is 13.4. The average molecular weight is 248 g/mol. The number of nitrogens with zero attached hydrogens (tertiary/aromatic N) is 1. The number of nitrogens with two attached hydrogens (primary N) is 1. The van der Waals surface area contributed by atoms with Crippen LogP contribution in [-0.4, -0.2) is 32.8 Å². The summed E-state index contributed by atoms with van der Waals surface area (Å²) in [5, 5.41) is 0. The molecule has 0 radical (unpaired) electrons. The molecule has 0 saturated carbocycles. The lowest BCUT2D eigenvalue weighted by atomic mass is 9.92. The number of ether oxygens (including phenoxy) is 1. The van der Waals surface area contributed by atoms with Crippen LogP contribution in [-0.2, 0) is 4.74 Å². The van der Waals surface area contributed by atoms with Gasteiger partial charge in [0.25, 0.3) is 0 Å². The summed E-state index contributed by atoms with van der Waals surface area (Å²) in [4.78, 5) is 2.30. The number of hydrogen-bond donors (Lipinski definition) is 1. The van der Waals surface area contributed by atoms with Gasteiger partial charge in [-0.2, -0.15) is 0 Å². The topological polar surface area (TPSA) is 38.5 Å². The van der Waals surface area contributed by atoms with Crippen molar-refractivity contribution in [2.75, 3.05) is 31.7 Å². The summed E-state index contributed by atoms with van der Waals surface area (Å²) in [6.07, 6.45) is 2.38. The van der Waals surface area contributed by atoms with Crippen molar-refractivity contribution in [3.05, 3.63) is 29.8 Å². The normalized spacial score (nSPS) is 21.6. The van der Waals surface area contributed by atoms with E-state index in [2.05, 4.69) is 43.1 Å². The molecule has 3 heteroatoms. The highest BCUT2D eigenvalue weighted by Gasteiger charge is 2.26. The number of aryl methyl sites for hydroxylation is 1. The molecule has 3 nitrogen and oxygen atoms in total. The van der Waals surface area contributed by atoms with Gasteiger partial charge < -0.3 is 15.4 Å². The van der Waals surface area contributed by atoms with Crippen LogP contribution in [0.3, 0.4) is 0 Å². The van der Waals surface area contributed by atoms with Crippen LogP contribution in [0.4, 0.5) is 5.69 Å². The van der Waals surface area contributed by atoms with Crippen molar-refractivity contribution < 1.29 is 4.74 Å². The van der Waals surface area contributed by atoms with Crippen molar-refractivity contribution in [1.29, 1.82) is 0 Å². The highest BCUT2D eigenvalue weighted by Crippen LogP contribution is 2.24. The second kappa shape index (κ2) is 6.21. The van der Waals surface area contributed by atoms with Crippen molar-refractivity contribution in [3.8, 4) is 0 Å². The van der Waals surface area contributed by atoms with Gasteiger partial charge in [0.2, 0.25) is 0 Å². The summed E-state index contributed by atoms with van der Waals surface area (Å²) >= 11 is 0. The lowest BCUT2D eigenvalue weighted by Crippen LogP contribution is -2.46. The van der Waals surface area contributed by atoms with Crippen molar-refractivity contribution >= 4 is 5.69 Å². The lowest BCUT2D eigenvalue weighted by molar-refractivity contribution is 0.0453. The van der Waals surface area contributed by atoms with Crippen LogP contribution in [0.25, 0.3) is 0 Å². The molecule has 1 aromatic carbocycles. The second-order valence-electron chi connectivity index (χ2n) is 5.23. The Bertz CT molecular complexity index is 357. The zero-order valence-corrected chi connectivity index (χ0v) is 11.4. The molecule has 1 aliphatic rings. The van der Waals surface area contributed by atoms with E-state index in [9.17, 15) is 0 Å². The highest BCUT2D eigenvalue weighted by molar-refractivity contribution is 5.48. The zero-order valence-electron chi connectivity index (χ0n) is 11.4. The first-order valence-corrected chi connectivity index (χ1v) is 6.79. The SMILES string of the molecule is Cc1ccc(N(C)C(CN)C2CCCOC2)cc1. The molecule has 0 aliphatic carbocycles.